The lowest BCUT2D eigenvalue weighted by atomic mass is 10.1. The van der Waals surface area contributed by atoms with Crippen LogP contribution in [0.4, 0.5) is 5.95 Å². The van der Waals surface area contributed by atoms with Crippen LogP contribution >= 0.6 is 0 Å². The van der Waals surface area contributed by atoms with Crippen LogP contribution in [0, 0.1) is 19.8 Å². The average molecular weight is 367 g/mol. The van der Waals surface area contributed by atoms with Gasteiger partial charge in [-0.25, -0.2) is 9.97 Å². The number of hydrogen-bond acceptors (Lipinski definition) is 7. The second kappa shape index (κ2) is 7.18. The normalized spacial score (nSPS) is 16.7. The lowest BCUT2D eigenvalue weighted by Crippen LogP contribution is -2.36. The summed E-state index contributed by atoms with van der Waals surface area (Å²) in [5.74, 6) is 1.20. The summed E-state index contributed by atoms with van der Waals surface area (Å²) in [5, 5.41) is 11.6. The van der Waals surface area contributed by atoms with Crippen molar-refractivity contribution in [1.82, 2.24) is 29.8 Å². The lowest BCUT2D eigenvalue weighted by Gasteiger charge is -2.24. The highest BCUT2D eigenvalue weighted by atomic mass is 16.5. The molecule has 4 rings (SSSR count). The fraction of sp³-hybridized carbons (Fsp3) is 0.389. The van der Waals surface area contributed by atoms with Gasteiger partial charge in [-0.05, 0) is 26.0 Å². The van der Waals surface area contributed by atoms with Crippen molar-refractivity contribution in [2.75, 3.05) is 18.4 Å². The first kappa shape index (κ1) is 17.2. The molecule has 0 unspecified atom stereocenters. The van der Waals surface area contributed by atoms with Gasteiger partial charge in [0, 0.05) is 44.1 Å². The first-order valence-corrected chi connectivity index (χ1v) is 8.85. The molecule has 1 aliphatic heterocycles. The van der Waals surface area contributed by atoms with Gasteiger partial charge < -0.3 is 14.7 Å². The number of anilines is 1. The van der Waals surface area contributed by atoms with Crippen molar-refractivity contribution in [2.24, 2.45) is 5.92 Å². The number of hydrogen-bond donors (Lipinski definition) is 1. The molecule has 9 heteroatoms. The number of amides is 1. The number of nitrogens with one attached hydrogen (secondary N) is 1. The molecule has 0 saturated heterocycles. The number of aryl methyl sites for hydroxylation is 2. The van der Waals surface area contributed by atoms with Crippen molar-refractivity contribution in [1.29, 1.82) is 0 Å². The zero-order chi connectivity index (χ0) is 18.8. The molecule has 0 radical (unpaired) electrons. The summed E-state index contributed by atoms with van der Waals surface area (Å²) in [6.07, 6.45) is 5.16. The van der Waals surface area contributed by atoms with Crippen molar-refractivity contribution in [3.8, 4) is 0 Å². The molecular weight excluding hydrogens is 346 g/mol. The fourth-order valence-corrected chi connectivity index (χ4v) is 3.39. The van der Waals surface area contributed by atoms with Crippen molar-refractivity contribution in [3.63, 3.8) is 0 Å². The van der Waals surface area contributed by atoms with Crippen LogP contribution in [0.25, 0.3) is 0 Å². The van der Waals surface area contributed by atoms with E-state index < -0.39 is 0 Å². The summed E-state index contributed by atoms with van der Waals surface area (Å²) >= 11 is 0. The van der Waals surface area contributed by atoms with Crippen LogP contribution in [0.2, 0.25) is 0 Å². The first-order chi connectivity index (χ1) is 13.1. The van der Waals surface area contributed by atoms with Crippen molar-refractivity contribution in [3.05, 3.63) is 53.4 Å². The van der Waals surface area contributed by atoms with Crippen LogP contribution < -0.4 is 5.32 Å². The second-order valence-electron chi connectivity index (χ2n) is 6.71. The maximum atomic E-state index is 13.2. The van der Waals surface area contributed by atoms with Crippen LogP contribution in [0.5, 0.6) is 0 Å². The molecule has 0 saturated carbocycles. The molecule has 140 valence electrons. The molecule has 1 N–H and O–H groups in total. The van der Waals surface area contributed by atoms with Crippen molar-refractivity contribution < 1.29 is 9.32 Å². The maximum Gasteiger partial charge on any atom is 0.259 e. The van der Waals surface area contributed by atoms with E-state index in [0.717, 1.165) is 5.69 Å². The van der Waals surface area contributed by atoms with E-state index in [1.165, 1.54) is 0 Å². The molecule has 0 aromatic carbocycles. The predicted molar refractivity (Wildman–Crippen MR) is 97.0 cm³/mol. The Balaban J connectivity index is 1.56. The lowest BCUT2D eigenvalue weighted by molar-refractivity contribution is 0.0721. The monoisotopic (exact) mass is 367 g/mol. The van der Waals surface area contributed by atoms with Crippen LogP contribution in [0.1, 0.15) is 27.5 Å². The summed E-state index contributed by atoms with van der Waals surface area (Å²) in [6.45, 7) is 5.99. The Morgan fingerprint density at radius 3 is 2.81 bits per heavy atom. The number of aromatic nitrogens is 5. The molecule has 0 bridgehead atoms. The Morgan fingerprint density at radius 1 is 1.26 bits per heavy atom. The summed E-state index contributed by atoms with van der Waals surface area (Å²) in [6, 6.07) is 3.72. The highest BCUT2D eigenvalue weighted by Crippen LogP contribution is 2.21. The largest absolute Gasteiger partial charge is 0.361 e. The van der Waals surface area contributed by atoms with Gasteiger partial charge >= 0.3 is 0 Å². The van der Waals surface area contributed by atoms with Crippen molar-refractivity contribution in [2.45, 2.75) is 26.9 Å². The van der Waals surface area contributed by atoms with Gasteiger partial charge in [0.2, 0.25) is 5.95 Å². The highest BCUT2D eigenvalue weighted by molar-refractivity contribution is 5.96. The smallest absolute Gasteiger partial charge is 0.259 e. The van der Waals surface area contributed by atoms with E-state index in [1.54, 1.807) is 38.5 Å². The van der Waals surface area contributed by atoms with E-state index in [9.17, 15) is 4.79 Å². The molecule has 9 nitrogen and oxygen atoms in total. The van der Waals surface area contributed by atoms with Gasteiger partial charge in [0.1, 0.15) is 11.3 Å². The van der Waals surface area contributed by atoms with E-state index in [2.05, 4.69) is 25.5 Å². The van der Waals surface area contributed by atoms with E-state index in [4.69, 9.17) is 4.52 Å². The number of carbonyl (C=O) groups excluding carboxylic acids is 1. The number of fused-ring (bicyclic) bond motifs is 1. The minimum Gasteiger partial charge on any atom is -0.361 e. The topological polar surface area (TPSA) is 102 Å². The third-order valence-electron chi connectivity index (χ3n) is 4.72. The molecule has 1 aliphatic rings. The van der Waals surface area contributed by atoms with E-state index in [1.807, 2.05) is 15.6 Å². The summed E-state index contributed by atoms with van der Waals surface area (Å²) in [4.78, 5) is 23.4. The zero-order valence-corrected chi connectivity index (χ0v) is 15.3. The fourth-order valence-electron chi connectivity index (χ4n) is 3.39. The molecule has 1 amide bonds. The Morgan fingerprint density at radius 2 is 2.07 bits per heavy atom. The van der Waals surface area contributed by atoms with Gasteiger partial charge in [0.15, 0.2) is 0 Å². The third kappa shape index (κ3) is 3.53. The average Bonchev–Trinajstić information content (AvgIpc) is 3.20. The van der Waals surface area contributed by atoms with Gasteiger partial charge in [-0.3, -0.25) is 9.48 Å². The number of nitrogens with zero attached hydrogens (tertiary/aromatic N) is 6. The Bertz CT molecular complexity index is 915. The molecule has 1 atom stereocenters. The maximum absolute atomic E-state index is 13.2. The molecule has 27 heavy (non-hydrogen) atoms. The first-order valence-electron chi connectivity index (χ1n) is 8.85. The molecule has 3 aromatic rings. The van der Waals surface area contributed by atoms with Gasteiger partial charge in [-0.1, -0.05) is 5.16 Å². The second-order valence-corrected chi connectivity index (χ2v) is 6.71. The van der Waals surface area contributed by atoms with Gasteiger partial charge in [0.25, 0.3) is 5.91 Å². The Labute approximate surface area is 156 Å². The third-order valence-corrected chi connectivity index (χ3v) is 4.72. The van der Waals surface area contributed by atoms with E-state index in [0.29, 0.717) is 49.1 Å². The number of carbonyl (C=O) groups is 1. The SMILES string of the molecule is Cc1noc(C)c1C(=O)N1Cc2ccnn2C[C@H](CNc2ncccn2)C1. The minimum atomic E-state index is -0.0677. The Kier molecular flexibility index (Phi) is 4.57. The molecule has 3 aromatic heterocycles. The van der Waals surface area contributed by atoms with Crippen LogP contribution in [0.3, 0.4) is 0 Å². The summed E-state index contributed by atoms with van der Waals surface area (Å²) < 4.78 is 7.14. The quantitative estimate of drug-likeness (QED) is 0.748. The summed E-state index contributed by atoms with van der Waals surface area (Å²) in [7, 11) is 0. The van der Waals surface area contributed by atoms with Gasteiger partial charge in [-0.15, -0.1) is 0 Å². The molecule has 0 aliphatic carbocycles. The number of rotatable bonds is 4. The van der Waals surface area contributed by atoms with Gasteiger partial charge in [0.05, 0.1) is 17.9 Å². The van der Waals surface area contributed by atoms with E-state index in [-0.39, 0.29) is 11.8 Å². The molecule has 0 spiro atoms. The van der Waals surface area contributed by atoms with Gasteiger partial charge in [-0.2, -0.15) is 5.10 Å². The van der Waals surface area contributed by atoms with E-state index >= 15 is 0 Å². The molecule has 4 heterocycles. The van der Waals surface area contributed by atoms with Crippen LogP contribution in [-0.4, -0.2) is 48.8 Å². The zero-order valence-electron chi connectivity index (χ0n) is 15.3. The minimum absolute atomic E-state index is 0.0677. The summed E-state index contributed by atoms with van der Waals surface area (Å²) in [5.41, 5.74) is 2.16. The van der Waals surface area contributed by atoms with Crippen LogP contribution in [0.15, 0.2) is 35.2 Å². The van der Waals surface area contributed by atoms with Crippen LogP contribution in [-0.2, 0) is 13.1 Å². The molecule has 0 fully saturated rings. The standard InChI is InChI=1S/C18H21N7O2/c1-12-16(13(2)27-23-12)17(26)24-9-14(8-21-18-19-5-3-6-20-18)10-25-15(11-24)4-7-22-25/h3-7,14H,8-11H2,1-2H3,(H,19,20,21)/t14-/m1/s1. The molecular formula is C18H21N7O2. The predicted octanol–water partition coefficient (Wildman–Crippen LogP) is 1.66. The Hall–Kier alpha value is -3.23. The van der Waals surface area contributed by atoms with Crippen molar-refractivity contribution >= 4 is 11.9 Å². The highest BCUT2D eigenvalue weighted by Gasteiger charge is 2.29.